The molecule has 0 saturated carbocycles. The molecule has 0 unspecified atom stereocenters. The number of hydrogen-bond acceptors (Lipinski definition) is 0. The molecule has 0 N–H and O–H groups in total. The molecular weight excluding hydrogens is 388 g/mol. The van der Waals surface area contributed by atoms with Crippen LogP contribution in [0.15, 0.2) is 42.5 Å². The third kappa shape index (κ3) is 3.55. The Morgan fingerprint density at radius 2 is 1.43 bits per heavy atom. The topological polar surface area (TPSA) is 0 Å². The SMILES string of the molecule is CCc1ccc(C2=Cc3cc(F)c(-c4ccc(CC)c(F)c4F)cc3CC2)c(F)c1. The van der Waals surface area contributed by atoms with Crippen LogP contribution in [-0.2, 0) is 19.3 Å². The molecule has 0 saturated heterocycles. The van der Waals surface area contributed by atoms with E-state index < -0.39 is 17.5 Å². The summed E-state index contributed by atoms with van der Waals surface area (Å²) in [5, 5.41) is 0. The number of allylic oxidation sites excluding steroid dienone is 1. The summed E-state index contributed by atoms with van der Waals surface area (Å²) in [6, 6.07) is 11.0. The normalized spacial score (nSPS) is 13.2. The van der Waals surface area contributed by atoms with Crippen molar-refractivity contribution < 1.29 is 17.6 Å². The van der Waals surface area contributed by atoms with Gasteiger partial charge in [-0.3, -0.25) is 0 Å². The molecule has 0 aromatic heterocycles. The van der Waals surface area contributed by atoms with Crippen molar-refractivity contribution in [3.8, 4) is 11.1 Å². The average Bonchev–Trinajstić information content (AvgIpc) is 2.75. The number of aryl methyl sites for hydroxylation is 3. The first kappa shape index (κ1) is 20.4. The molecule has 3 aromatic rings. The third-order valence-corrected chi connectivity index (χ3v) is 5.84. The number of fused-ring (bicyclic) bond motifs is 1. The maximum atomic E-state index is 14.9. The van der Waals surface area contributed by atoms with Crippen LogP contribution in [0.4, 0.5) is 17.6 Å². The van der Waals surface area contributed by atoms with Crippen LogP contribution < -0.4 is 0 Å². The van der Waals surface area contributed by atoms with Crippen molar-refractivity contribution >= 4 is 11.6 Å². The summed E-state index contributed by atoms with van der Waals surface area (Å²) in [5.74, 6) is -2.87. The minimum Gasteiger partial charge on any atom is -0.206 e. The number of rotatable bonds is 4. The zero-order valence-electron chi connectivity index (χ0n) is 17.0. The lowest BCUT2D eigenvalue weighted by Gasteiger charge is -2.19. The van der Waals surface area contributed by atoms with E-state index in [4.69, 9.17) is 0 Å². The average molecular weight is 410 g/mol. The number of halogens is 4. The van der Waals surface area contributed by atoms with Gasteiger partial charge in [-0.2, -0.15) is 0 Å². The molecule has 1 aliphatic rings. The van der Waals surface area contributed by atoms with Gasteiger partial charge >= 0.3 is 0 Å². The summed E-state index contributed by atoms with van der Waals surface area (Å²) in [7, 11) is 0. The van der Waals surface area contributed by atoms with Crippen molar-refractivity contribution in [1.29, 1.82) is 0 Å². The Hall–Kier alpha value is -2.88. The lowest BCUT2D eigenvalue weighted by Crippen LogP contribution is -2.04. The van der Waals surface area contributed by atoms with E-state index >= 15 is 0 Å². The highest BCUT2D eigenvalue weighted by molar-refractivity contribution is 5.85. The summed E-state index contributed by atoms with van der Waals surface area (Å²) < 4.78 is 58.1. The minimum absolute atomic E-state index is 0.0446. The van der Waals surface area contributed by atoms with Crippen LogP contribution in [0.25, 0.3) is 22.8 Å². The molecule has 4 rings (SSSR count). The van der Waals surface area contributed by atoms with Crippen molar-refractivity contribution in [1.82, 2.24) is 0 Å². The van der Waals surface area contributed by atoms with Crippen LogP contribution in [0.3, 0.4) is 0 Å². The van der Waals surface area contributed by atoms with E-state index in [1.807, 2.05) is 13.0 Å². The zero-order chi connectivity index (χ0) is 21.4. The predicted octanol–water partition coefficient (Wildman–Crippen LogP) is 7.52. The van der Waals surface area contributed by atoms with Gasteiger partial charge in [0.25, 0.3) is 0 Å². The Morgan fingerprint density at radius 1 is 0.700 bits per heavy atom. The summed E-state index contributed by atoms with van der Waals surface area (Å²) in [6.45, 7) is 3.70. The number of hydrogen-bond donors (Lipinski definition) is 0. The second kappa shape index (κ2) is 8.10. The number of benzene rings is 3. The molecule has 0 atom stereocenters. The van der Waals surface area contributed by atoms with Gasteiger partial charge in [-0.05, 0) is 71.7 Å². The van der Waals surface area contributed by atoms with E-state index in [9.17, 15) is 17.6 Å². The van der Waals surface area contributed by atoms with Gasteiger partial charge in [0, 0.05) is 16.7 Å². The minimum atomic E-state index is -1.03. The molecule has 3 aromatic carbocycles. The molecular formula is C26H22F4. The van der Waals surface area contributed by atoms with Crippen molar-refractivity contribution in [2.24, 2.45) is 0 Å². The smallest absolute Gasteiger partial charge is 0.167 e. The highest BCUT2D eigenvalue weighted by Gasteiger charge is 2.21. The van der Waals surface area contributed by atoms with Crippen LogP contribution in [0.1, 0.15) is 48.1 Å². The Morgan fingerprint density at radius 3 is 2.13 bits per heavy atom. The van der Waals surface area contributed by atoms with E-state index in [0.717, 1.165) is 23.1 Å². The fraction of sp³-hybridized carbons (Fsp3) is 0.231. The standard InChI is InChI=1S/C26H22F4/c1-3-15-5-9-20(23(27)11-15)18-7-6-17-13-22(24(28)14-19(17)12-18)21-10-8-16(4-2)25(29)26(21)30/h5,8-14H,3-4,6-7H2,1-2H3. The van der Waals surface area contributed by atoms with Crippen molar-refractivity contribution in [2.75, 3.05) is 0 Å². The fourth-order valence-corrected chi connectivity index (χ4v) is 4.04. The Balaban J connectivity index is 1.75. The predicted molar refractivity (Wildman–Crippen MR) is 113 cm³/mol. The van der Waals surface area contributed by atoms with E-state index in [1.165, 1.54) is 24.3 Å². The maximum absolute atomic E-state index is 14.9. The lowest BCUT2D eigenvalue weighted by atomic mass is 9.86. The van der Waals surface area contributed by atoms with Gasteiger partial charge in [-0.1, -0.05) is 44.2 Å². The third-order valence-electron chi connectivity index (χ3n) is 5.84. The first-order valence-corrected chi connectivity index (χ1v) is 10.2. The molecule has 0 radical (unpaired) electrons. The zero-order valence-corrected chi connectivity index (χ0v) is 17.0. The molecule has 30 heavy (non-hydrogen) atoms. The lowest BCUT2D eigenvalue weighted by molar-refractivity contribution is 0.501. The van der Waals surface area contributed by atoms with Crippen molar-refractivity contribution in [3.05, 3.63) is 93.6 Å². The summed E-state index contributed by atoms with van der Waals surface area (Å²) in [6.07, 6.45) is 4.06. The first-order valence-electron chi connectivity index (χ1n) is 10.2. The highest BCUT2D eigenvalue weighted by atomic mass is 19.2. The van der Waals surface area contributed by atoms with Crippen LogP contribution >= 0.6 is 0 Å². The Bertz CT molecular complexity index is 1160. The van der Waals surface area contributed by atoms with E-state index in [2.05, 4.69) is 0 Å². The molecule has 4 heteroatoms. The highest BCUT2D eigenvalue weighted by Crippen LogP contribution is 2.36. The summed E-state index contributed by atoms with van der Waals surface area (Å²) >= 11 is 0. The van der Waals surface area contributed by atoms with Crippen LogP contribution in [0.2, 0.25) is 0 Å². The van der Waals surface area contributed by atoms with Crippen molar-refractivity contribution in [3.63, 3.8) is 0 Å². The molecule has 154 valence electrons. The second-order valence-electron chi connectivity index (χ2n) is 7.62. The van der Waals surface area contributed by atoms with Crippen molar-refractivity contribution in [2.45, 2.75) is 39.5 Å². The molecule has 0 bridgehead atoms. The summed E-state index contributed by atoms with van der Waals surface area (Å²) in [4.78, 5) is 0. The molecule has 0 amide bonds. The Kier molecular flexibility index (Phi) is 5.50. The second-order valence-corrected chi connectivity index (χ2v) is 7.62. The van der Waals surface area contributed by atoms with Crippen LogP contribution in [-0.4, -0.2) is 0 Å². The fourth-order valence-electron chi connectivity index (χ4n) is 4.04. The molecule has 0 spiro atoms. The van der Waals surface area contributed by atoms with Gasteiger partial charge < -0.3 is 0 Å². The van der Waals surface area contributed by atoms with Crippen LogP contribution in [0, 0.1) is 23.3 Å². The van der Waals surface area contributed by atoms with Gasteiger partial charge in [0.15, 0.2) is 11.6 Å². The molecule has 1 aliphatic carbocycles. The molecule has 0 heterocycles. The van der Waals surface area contributed by atoms with Gasteiger partial charge in [0.1, 0.15) is 11.6 Å². The quantitative estimate of drug-likeness (QED) is 0.390. The Labute approximate surface area is 173 Å². The van der Waals surface area contributed by atoms with E-state index in [-0.39, 0.29) is 22.5 Å². The summed E-state index contributed by atoms with van der Waals surface area (Å²) in [5.41, 5.74) is 3.95. The van der Waals surface area contributed by atoms with Gasteiger partial charge in [-0.25, -0.2) is 17.6 Å². The largest absolute Gasteiger partial charge is 0.206 e. The monoisotopic (exact) mass is 410 g/mol. The first-order chi connectivity index (χ1) is 14.4. The molecule has 0 fully saturated rings. The van der Waals surface area contributed by atoms with E-state index in [1.54, 1.807) is 25.1 Å². The van der Waals surface area contributed by atoms with Crippen LogP contribution in [0.5, 0.6) is 0 Å². The van der Waals surface area contributed by atoms with Gasteiger partial charge in [0.2, 0.25) is 0 Å². The molecule has 0 nitrogen and oxygen atoms in total. The molecule has 0 aliphatic heterocycles. The van der Waals surface area contributed by atoms with Gasteiger partial charge in [0.05, 0.1) is 0 Å². The van der Waals surface area contributed by atoms with Gasteiger partial charge in [-0.15, -0.1) is 0 Å². The maximum Gasteiger partial charge on any atom is 0.167 e. The van der Waals surface area contributed by atoms with E-state index in [0.29, 0.717) is 30.4 Å².